The lowest BCUT2D eigenvalue weighted by molar-refractivity contribution is 0.181. The van der Waals surface area contributed by atoms with E-state index in [4.69, 9.17) is 4.74 Å². The van der Waals surface area contributed by atoms with E-state index in [1.54, 1.807) is 7.11 Å². The van der Waals surface area contributed by atoms with E-state index in [0.717, 1.165) is 37.3 Å². The van der Waals surface area contributed by atoms with Gasteiger partial charge in [0.25, 0.3) is 0 Å². The molecule has 2 fully saturated rings. The molecule has 0 bridgehead atoms. The standard InChI is InChI=1S/C15H22N2O/c1-18-14-6-2-12(3-7-14)10-17-9-8-16-15(11-17)13-4-5-13/h2-3,6-7,13,15-16H,4-5,8-11H2,1H3. The monoisotopic (exact) mass is 246 g/mol. The molecular weight excluding hydrogens is 224 g/mol. The number of hydrogen-bond acceptors (Lipinski definition) is 3. The fourth-order valence-electron chi connectivity index (χ4n) is 2.79. The number of ether oxygens (including phenoxy) is 1. The predicted molar refractivity (Wildman–Crippen MR) is 72.8 cm³/mol. The minimum absolute atomic E-state index is 0.733. The second-order valence-electron chi connectivity index (χ2n) is 5.48. The van der Waals surface area contributed by atoms with Gasteiger partial charge in [-0.25, -0.2) is 0 Å². The SMILES string of the molecule is COc1ccc(CN2CCNC(C3CC3)C2)cc1. The fraction of sp³-hybridized carbons (Fsp3) is 0.600. The van der Waals surface area contributed by atoms with Crippen molar-refractivity contribution in [2.75, 3.05) is 26.7 Å². The van der Waals surface area contributed by atoms with Gasteiger partial charge in [0, 0.05) is 32.2 Å². The van der Waals surface area contributed by atoms with Crippen LogP contribution in [0, 0.1) is 5.92 Å². The number of nitrogens with zero attached hydrogens (tertiary/aromatic N) is 1. The van der Waals surface area contributed by atoms with Gasteiger partial charge in [-0.3, -0.25) is 4.90 Å². The van der Waals surface area contributed by atoms with Crippen molar-refractivity contribution in [1.29, 1.82) is 0 Å². The molecule has 1 unspecified atom stereocenters. The highest BCUT2D eigenvalue weighted by atomic mass is 16.5. The normalized spacial score (nSPS) is 25.1. The summed E-state index contributed by atoms with van der Waals surface area (Å²) in [7, 11) is 1.71. The van der Waals surface area contributed by atoms with Gasteiger partial charge >= 0.3 is 0 Å². The molecule has 1 atom stereocenters. The molecule has 3 nitrogen and oxygen atoms in total. The van der Waals surface area contributed by atoms with Gasteiger partial charge in [-0.05, 0) is 36.5 Å². The number of benzene rings is 1. The van der Waals surface area contributed by atoms with E-state index < -0.39 is 0 Å². The van der Waals surface area contributed by atoms with Crippen molar-refractivity contribution in [3.63, 3.8) is 0 Å². The van der Waals surface area contributed by atoms with Crippen LogP contribution in [0.15, 0.2) is 24.3 Å². The summed E-state index contributed by atoms with van der Waals surface area (Å²) in [6.07, 6.45) is 2.85. The Kier molecular flexibility index (Phi) is 3.52. The van der Waals surface area contributed by atoms with E-state index in [0.29, 0.717) is 0 Å². The molecule has 1 aromatic rings. The van der Waals surface area contributed by atoms with Crippen LogP contribution in [0.4, 0.5) is 0 Å². The fourth-order valence-corrected chi connectivity index (χ4v) is 2.79. The smallest absolute Gasteiger partial charge is 0.118 e. The van der Waals surface area contributed by atoms with E-state index in [1.807, 2.05) is 0 Å². The summed E-state index contributed by atoms with van der Waals surface area (Å²) in [5, 5.41) is 3.65. The van der Waals surface area contributed by atoms with Crippen LogP contribution in [-0.2, 0) is 6.54 Å². The van der Waals surface area contributed by atoms with Crippen molar-refractivity contribution in [1.82, 2.24) is 10.2 Å². The van der Waals surface area contributed by atoms with E-state index >= 15 is 0 Å². The second-order valence-corrected chi connectivity index (χ2v) is 5.48. The topological polar surface area (TPSA) is 24.5 Å². The van der Waals surface area contributed by atoms with Crippen LogP contribution in [0.1, 0.15) is 18.4 Å². The Morgan fingerprint density at radius 1 is 1.28 bits per heavy atom. The average Bonchev–Trinajstić information content (AvgIpc) is 3.24. The first-order valence-electron chi connectivity index (χ1n) is 6.94. The molecular formula is C15H22N2O. The first-order valence-corrected chi connectivity index (χ1v) is 6.94. The Balaban J connectivity index is 1.57. The molecule has 1 aliphatic carbocycles. The van der Waals surface area contributed by atoms with Crippen LogP contribution in [0.2, 0.25) is 0 Å². The molecule has 0 aromatic heterocycles. The van der Waals surface area contributed by atoms with Crippen LogP contribution in [-0.4, -0.2) is 37.7 Å². The van der Waals surface area contributed by atoms with E-state index in [9.17, 15) is 0 Å². The van der Waals surface area contributed by atoms with Gasteiger partial charge in [0.15, 0.2) is 0 Å². The second kappa shape index (κ2) is 5.29. The van der Waals surface area contributed by atoms with E-state index in [2.05, 4.69) is 34.5 Å². The Morgan fingerprint density at radius 3 is 2.72 bits per heavy atom. The zero-order valence-electron chi connectivity index (χ0n) is 11.1. The van der Waals surface area contributed by atoms with Crippen LogP contribution in [0.25, 0.3) is 0 Å². The van der Waals surface area contributed by atoms with Crippen molar-refractivity contribution in [3.05, 3.63) is 29.8 Å². The maximum atomic E-state index is 5.19. The minimum atomic E-state index is 0.733. The van der Waals surface area contributed by atoms with Crippen molar-refractivity contribution < 1.29 is 4.74 Å². The number of hydrogen-bond donors (Lipinski definition) is 1. The van der Waals surface area contributed by atoms with Crippen molar-refractivity contribution in [2.24, 2.45) is 5.92 Å². The lowest BCUT2D eigenvalue weighted by atomic mass is 10.1. The highest BCUT2D eigenvalue weighted by Crippen LogP contribution is 2.33. The van der Waals surface area contributed by atoms with Gasteiger partial charge in [0.05, 0.1) is 7.11 Å². The summed E-state index contributed by atoms with van der Waals surface area (Å²) in [5.41, 5.74) is 1.38. The third kappa shape index (κ3) is 2.85. The molecule has 3 heteroatoms. The number of piperazine rings is 1. The predicted octanol–water partition coefficient (Wildman–Crippen LogP) is 1.88. The van der Waals surface area contributed by atoms with Gasteiger partial charge in [-0.1, -0.05) is 12.1 Å². The third-order valence-electron chi connectivity index (χ3n) is 4.05. The molecule has 0 spiro atoms. The molecule has 18 heavy (non-hydrogen) atoms. The largest absolute Gasteiger partial charge is 0.497 e. The zero-order chi connectivity index (χ0) is 12.4. The van der Waals surface area contributed by atoms with Crippen LogP contribution >= 0.6 is 0 Å². The Bertz CT molecular complexity index is 386. The van der Waals surface area contributed by atoms with Gasteiger partial charge in [-0.15, -0.1) is 0 Å². The van der Waals surface area contributed by atoms with Crippen LogP contribution < -0.4 is 10.1 Å². The van der Waals surface area contributed by atoms with E-state index in [-0.39, 0.29) is 0 Å². The zero-order valence-corrected chi connectivity index (χ0v) is 11.1. The summed E-state index contributed by atoms with van der Waals surface area (Å²) in [4.78, 5) is 2.57. The maximum Gasteiger partial charge on any atom is 0.118 e. The number of rotatable bonds is 4. The molecule has 1 heterocycles. The molecule has 1 aromatic carbocycles. The Labute approximate surface area is 109 Å². The van der Waals surface area contributed by atoms with Crippen LogP contribution in [0.5, 0.6) is 5.75 Å². The van der Waals surface area contributed by atoms with Crippen molar-refractivity contribution >= 4 is 0 Å². The highest BCUT2D eigenvalue weighted by molar-refractivity contribution is 5.27. The first kappa shape index (κ1) is 12.0. The van der Waals surface area contributed by atoms with Gasteiger partial charge in [0.1, 0.15) is 5.75 Å². The molecule has 98 valence electrons. The summed E-state index contributed by atoms with van der Waals surface area (Å²) < 4.78 is 5.19. The van der Waals surface area contributed by atoms with Crippen molar-refractivity contribution in [3.8, 4) is 5.75 Å². The molecule has 1 aliphatic heterocycles. The number of methoxy groups -OCH3 is 1. The maximum absolute atomic E-state index is 5.19. The quantitative estimate of drug-likeness (QED) is 0.878. The molecule has 1 saturated heterocycles. The summed E-state index contributed by atoms with van der Waals surface area (Å²) in [5.74, 6) is 1.89. The van der Waals surface area contributed by atoms with Crippen molar-refractivity contribution in [2.45, 2.75) is 25.4 Å². The van der Waals surface area contributed by atoms with Gasteiger partial charge in [-0.2, -0.15) is 0 Å². The van der Waals surface area contributed by atoms with Gasteiger partial charge < -0.3 is 10.1 Å². The van der Waals surface area contributed by atoms with Gasteiger partial charge in [0.2, 0.25) is 0 Å². The lowest BCUT2D eigenvalue weighted by Crippen LogP contribution is -2.51. The molecule has 0 radical (unpaired) electrons. The number of nitrogens with one attached hydrogen (secondary N) is 1. The molecule has 0 amide bonds. The summed E-state index contributed by atoms with van der Waals surface area (Å²) in [6.45, 7) is 4.57. The molecule has 1 N–H and O–H groups in total. The minimum Gasteiger partial charge on any atom is -0.497 e. The molecule has 2 aliphatic rings. The lowest BCUT2D eigenvalue weighted by Gasteiger charge is -2.33. The summed E-state index contributed by atoms with van der Waals surface area (Å²) >= 11 is 0. The highest BCUT2D eigenvalue weighted by Gasteiger charge is 2.33. The molecule has 3 rings (SSSR count). The average molecular weight is 246 g/mol. The third-order valence-corrected chi connectivity index (χ3v) is 4.05. The molecule has 1 saturated carbocycles. The Morgan fingerprint density at radius 2 is 2.06 bits per heavy atom. The summed E-state index contributed by atoms with van der Waals surface area (Å²) in [6, 6.07) is 9.18. The van der Waals surface area contributed by atoms with E-state index in [1.165, 1.54) is 24.9 Å². The first-order chi connectivity index (χ1) is 8.85. The Hall–Kier alpha value is -1.06. The van der Waals surface area contributed by atoms with Crippen LogP contribution in [0.3, 0.4) is 0 Å².